The lowest BCUT2D eigenvalue weighted by Gasteiger charge is -2.34. The van der Waals surface area contributed by atoms with E-state index in [0.717, 1.165) is 12.8 Å². The largest absolute Gasteiger partial charge is 0.176 e. The van der Waals surface area contributed by atoms with Crippen LogP contribution in [0.1, 0.15) is 26.7 Å². The van der Waals surface area contributed by atoms with Crippen LogP contribution in [0.25, 0.3) is 0 Å². The first-order valence-electron chi connectivity index (χ1n) is 6.35. The minimum Gasteiger partial charge on any atom is -0.176 e. The summed E-state index contributed by atoms with van der Waals surface area (Å²) >= 11 is 22.5. The van der Waals surface area contributed by atoms with E-state index in [0.29, 0.717) is 31.5 Å². The van der Waals surface area contributed by atoms with Gasteiger partial charge in [0.1, 0.15) is 0 Å². The highest BCUT2D eigenvalue weighted by atomic mass is 32.2. The van der Waals surface area contributed by atoms with Crippen molar-refractivity contribution in [2.45, 2.75) is 58.2 Å². The Morgan fingerprint density at radius 3 is 1.39 bits per heavy atom. The van der Waals surface area contributed by atoms with Gasteiger partial charge in [-0.15, -0.1) is 0 Å². The molecule has 0 amide bonds. The van der Waals surface area contributed by atoms with Crippen LogP contribution in [0.5, 0.6) is 0 Å². The Kier molecular flexibility index (Phi) is 9.26. The standard InChI is InChI=1S/C12H24S6/c1-7(13)3-9(15)11-5-18-12(6-17-11)10(16)4-8(2)14/h7-16H,3-6H2,1-2H3. The number of thiol groups is 4. The molecule has 1 rings (SSSR count). The lowest BCUT2D eigenvalue weighted by molar-refractivity contribution is 0.728. The minimum atomic E-state index is 0.443. The van der Waals surface area contributed by atoms with Crippen molar-refractivity contribution in [3.8, 4) is 0 Å². The Labute approximate surface area is 143 Å². The van der Waals surface area contributed by atoms with E-state index in [1.54, 1.807) is 0 Å². The van der Waals surface area contributed by atoms with Crippen LogP contribution in [-0.4, -0.2) is 43.0 Å². The van der Waals surface area contributed by atoms with E-state index in [2.05, 4.69) is 62.6 Å². The lowest BCUT2D eigenvalue weighted by Crippen LogP contribution is -2.34. The van der Waals surface area contributed by atoms with Crippen LogP contribution in [0.15, 0.2) is 0 Å². The molecule has 6 unspecified atom stereocenters. The highest BCUT2D eigenvalue weighted by molar-refractivity contribution is 8.07. The molecule has 1 aliphatic rings. The lowest BCUT2D eigenvalue weighted by atomic mass is 10.2. The quantitative estimate of drug-likeness (QED) is 0.524. The van der Waals surface area contributed by atoms with Gasteiger partial charge in [0.25, 0.3) is 0 Å². The van der Waals surface area contributed by atoms with Gasteiger partial charge < -0.3 is 0 Å². The summed E-state index contributed by atoms with van der Waals surface area (Å²) < 4.78 is 0. The fourth-order valence-electron chi connectivity index (χ4n) is 1.98. The molecule has 0 nitrogen and oxygen atoms in total. The van der Waals surface area contributed by atoms with Gasteiger partial charge in [0, 0.05) is 32.5 Å². The number of hydrogen-bond donors (Lipinski definition) is 4. The fourth-order valence-corrected chi connectivity index (χ4v) is 7.66. The van der Waals surface area contributed by atoms with Crippen molar-refractivity contribution in [3.63, 3.8) is 0 Å². The summed E-state index contributed by atoms with van der Waals surface area (Å²) in [6.07, 6.45) is 2.18. The average molecular weight is 361 g/mol. The molecule has 108 valence electrons. The maximum absolute atomic E-state index is 4.73. The van der Waals surface area contributed by atoms with Crippen LogP contribution >= 0.6 is 74.0 Å². The zero-order valence-corrected chi connectivity index (χ0v) is 16.1. The molecule has 0 N–H and O–H groups in total. The third-order valence-corrected chi connectivity index (χ3v) is 8.31. The van der Waals surface area contributed by atoms with Crippen molar-refractivity contribution < 1.29 is 0 Å². The SMILES string of the molecule is CC(S)CC(S)C1CSC(C(S)CC(C)S)CS1. The molecule has 0 radical (unpaired) electrons. The first kappa shape index (κ1) is 18.1. The predicted octanol–water partition coefficient (Wildman–Crippen LogP) is 4.22. The summed E-state index contributed by atoms with van der Waals surface area (Å²) in [6, 6.07) is 0. The van der Waals surface area contributed by atoms with E-state index in [9.17, 15) is 0 Å². The summed E-state index contributed by atoms with van der Waals surface area (Å²) in [5.74, 6) is 2.39. The van der Waals surface area contributed by atoms with Gasteiger partial charge in [-0.3, -0.25) is 0 Å². The summed E-state index contributed by atoms with van der Waals surface area (Å²) in [4.78, 5) is 0. The van der Waals surface area contributed by atoms with Gasteiger partial charge in [-0.1, -0.05) is 13.8 Å². The van der Waals surface area contributed by atoms with Gasteiger partial charge in [-0.25, -0.2) is 0 Å². The molecule has 0 bridgehead atoms. The summed E-state index contributed by atoms with van der Waals surface area (Å²) in [5.41, 5.74) is 0. The number of hydrogen-bond acceptors (Lipinski definition) is 6. The third-order valence-electron chi connectivity index (χ3n) is 2.97. The van der Waals surface area contributed by atoms with Crippen molar-refractivity contribution in [1.29, 1.82) is 0 Å². The number of thioether (sulfide) groups is 2. The van der Waals surface area contributed by atoms with Gasteiger partial charge in [0.2, 0.25) is 0 Å². The molecule has 0 saturated carbocycles. The van der Waals surface area contributed by atoms with E-state index in [-0.39, 0.29) is 0 Å². The van der Waals surface area contributed by atoms with Crippen LogP contribution in [0.2, 0.25) is 0 Å². The number of rotatable bonds is 6. The zero-order valence-electron chi connectivity index (χ0n) is 10.9. The second-order valence-electron chi connectivity index (χ2n) is 5.05. The van der Waals surface area contributed by atoms with Crippen LogP contribution in [0, 0.1) is 0 Å². The highest BCUT2D eigenvalue weighted by Crippen LogP contribution is 2.38. The van der Waals surface area contributed by atoms with Gasteiger partial charge in [0.05, 0.1) is 0 Å². The monoisotopic (exact) mass is 360 g/mol. The third kappa shape index (κ3) is 6.70. The average Bonchev–Trinajstić information content (AvgIpc) is 2.27. The van der Waals surface area contributed by atoms with Crippen LogP contribution in [-0.2, 0) is 0 Å². The second-order valence-corrected chi connectivity index (χ2v) is 10.7. The van der Waals surface area contributed by atoms with Crippen molar-refractivity contribution >= 4 is 74.0 Å². The van der Waals surface area contributed by atoms with E-state index in [1.807, 2.05) is 0 Å². The molecule has 1 fully saturated rings. The first-order chi connectivity index (χ1) is 8.40. The Hall–Kier alpha value is 2.10. The van der Waals surface area contributed by atoms with Crippen LogP contribution in [0.3, 0.4) is 0 Å². The Morgan fingerprint density at radius 1 is 0.833 bits per heavy atom. The summed E-state index contributed by atoms with van der Waals surface area (Å²) in [7, 11) is 0. The normalized spacial score (nSPS) is 31.7. The molecule has 0 aromatic carbocycles. The fraction of sp³-hybridized carbons (Fsp3) is 1.00. The zero-order chi connectivity index (χ0) is 13.7. The Balaban J connectivity index is 2.31. The van der Waals surface area contributed by atoms with Gasteiger partial charge in [0.15, 0.2) is 0 Å². The van der Waals surface area contributed by atoms with Gasteiger partial charge >= 0.3 is 0 Å². The molecule has 18 heavy (non-hydrogen) atoms. The van der Waals surface area contributed by atoms with Crippen LogP contribution in [0.4, 0.5) is 0 Å². The molecule has 0 aromatic heterocycles. The van der Waals surface area contributed by atoms with E-state index in [1.165, 1.54) is 11.5 Å². The molecule has 0 aromatic rings. The predicted molar refractivity (Wildman–Crippen MR) is 104 cm³/mol. The minimum absolute atomic E-state index is 0.443. The van der Waals surface area contributed by atoms with Crippen molar-refractivity contribution in [1.82, 2.24) is 0 Å². The summed E-state index contributed by atoms with van der Waals surface area (Å²) in [6.45, 7) is 4.29. The van der Waals surface area contributed by atoms with Gasteiger partial charge in [-0.05, 0) is 23.3 Å². The van der Waals surface area contributed by atoms with Crippen molar-refractivity contribution in [3.05, 3.63) is 0 Å². The highest BCUT2D eigenvalue weighted by Gasteiger charge is 2.30. The van der Waals surface area contributed by atoms with Crippen molar-refractivity contribution in [2.75, 3.05) is 11.5 Å². The summed E-state index contributed by atoms with van der Waals surface area (Å²) in [5, 5.41) is 3.16. The molecule has 1 heterocycles. The molecule has 0 spiro atoms. The van der Waals surface area contributed by atoms with E-state index < -0.39 is 0 Å². The maximum Gasteiger partial charge on any atom is 0.0255 e. The smallest absolute Gasteiger partial charge is 0.0255 e. The molecule has 6 atom stereocenters. The maximum atomic E-state index is 4.73. The molecule has 1 aliphatic heterocycles. The Morgan fingerprint density at radius 2 is 1.17 bits per heavy atom. The molecule has 0 aliphatic carbocycles. The Bertz CT molecular complexity index is 201. The molecular weight excluding hydrogens is 337 g/mol. The molecule has 6 heteroatoms. The van der Waals surface area contributed by atoms with E-state index in [4.69, 9.17) is 25.3 Å². The van der Waals surface area contributed by atoms with E-state index >= 15 is 0 Å². The molecule has 1 saturated heterocycles. The van der Waals surface area contributed by atoms with Crippen LogP contribution < -0.4 is 0 Å². The molecular formula is C12H24S6. The first-order valence-corrected chi connectivity index (χ1v) is 10.5. The van der Waals surface area contributed by atoms with Crippen molar-refractivity contribution in [2.24, 2.45) is 0 Å². The second kappa shape index (κ2) is 9.19. The van der Waals surface area contributed by atoms with Gasteiger partial charge in [-0.2, -0.15) is 74.0 Å². The topological polar surface area (TPSA) is 0 Å².